The Kier molecular flexibility index (Phi) is 4.50. The van der Waals surface area contributed by atoms with E-state index in [9.17, 15) is 9.90 Å². The number of methoxy groups -OCH3 is 1. The summed E-state index contributed by atoms with van der Waals surface area (Å²) in [5, 5.41) is 9.56. The fourth-order valence-corrected chi connectivity index (χ4v) is 4.08. The van der Waals surface area contributed by atoms with Crippen LogP contribution in [0, 0.1) is 11.3 Å². The number of Topliss-reactive ketones (excluding diaryl/α,β-unsaturated/α-hetero) is 1. The molecule has 2 aliphatic rings. The molecule has 0 aliphatic heterocycles. The lowest BCUT2D eigenvalue weighted by Crippen LogP contribution is -2.26. The first-order valence-corrected chi connectivity index (χ1v) is 8.05. The van der Waals surface area contributed by atoms with E-state index >= 15 is 0 Å². The number of carbonyl (C=O) groups is 1. The Balaban J connectivity index is 1.60. The molecule has 0 saturated heterocycles. The van der Waals surface area contributed by atoms with Gasteiger partial charge in [-0.05, 0) is 48.3 Å². The van der Waals surface area contributed by atoms with E-state index in [-0.39, 0.29) is 29.8 Å². The number of aliphatic hydroxyl groups excluding tert-OH is 1. The number of rotatable bonds is 5. The minimum Gasteiger partial charge on any atom is -0.497 e. The molecule has 4 heteroatoms. The van der Waals surface area contributed by atoms with Gasteiger partial charge in [0.25, 0.3) is 0 Å². The summed E-state index contributed by atoms with van der Waals surface area (Å²) in [5.74, 6) is 1.29. The van der Waals surface area contributed by atoms with Crippen LogP contribution in [0.5, 0.6) is 5.75 Å². The van der Waals surface area contributed by atoms with Crippen molar-refractivity contribution in [1.29, 1.82) is 0 Å². The maximum atomic E-state index is 12.3. The maximum Gasteiger partial charge on any atom is 0.162 e. The number of ketones is 1. The zero-order valence-electron chi connectivity index (χ0n) is 13.1. The Labute approximate surface area is 131 Å². The minimum atomic E-state index is -0.311. The monoisotopic (exact) mass is 304 g/mol. The first kappa shape index (κ1) is 15.5. The molecule has 1 N–H and O–H groups in total. The molecule has 2 aliphatic carbocycles. The first-order chi connectivity index (χ1) is 10.7. The predicted octanol–water partition coefficient (Wildman–Crippen LogP) is 2.72. The van der Waals surface area contributed by atoms with Gasteiger partial charge in [-0.15, -0.1) is 0 Å². The van der Waals surface area contributed by atoms with Gasteiger partial charge in [0.2, 0.25) is 0 Å². The van der Waals surface area contributed by atoms with E-state index in [1.54, 1.807) is 7.11 Å². The Morgan fingerprint density at radius 3 is 2.77 bits per heavy atom. The molecule has 2 fully saturated rings. The molecule has 0 amide bonds. The van der Waals surface area contributed by atoms with Gasteiger partial charge in [-0.3, -0.25) is 4.79 Å². The number of ether oxygens (including phenoxy) is 2. The molecular formula is C18H24O4. The van der Waals surface area contributed by atoms with Gasteiger partial charge >= 0.3 is 0 Å². The molecule has 2 saturated carbocycles. The molecule has 1 aromatic carbocycles. The third-order valence-corrected chi connectivity index (χ3v) is 5.40. The Bertz CT molecular complexity index is 524. The maximum absolute atomic E-state index is 12.3. The van der Waals surface area contributed by atoms with Crippen LogP contribution in [-0.4, -0.2) is 30.7 Å². The average molecular weight is 304 g/mol. The highest BCUT2D eigenvalue weighted by atomic mass is 16.5. The minimum absolute atomic E-state index is 0.00356. The van der Waals surface area contributed by atoms with Crippen molar-refractivity contribution in [1.82, 2.24) is 0 Å². The van der Waals surface area contributed by atoms with Crippen LogP contribution >= 0.6 is 0 Å². The molecule has 1 unspecified atom stereocenters. The molecule has 3 rings (SSSR count). The van der Waals surface area contributed by atoms with Gasteiger partial charge in [0.05, 0.1) is 13.7 Å². The normalized spacial score (nSPS) is 31.1. The molecule has 4 nitrogen and oxygen atoms in total. The highest BCUT2D eigenvalue weighted by Crippen LogP contribution is 2.53. The lowest BCUT2D eigenvalue weighted by Gasteiger charge is -2.29. The van der Waals surface area contributed by atoms with E-state index in [0.717, 1.165) is 37.0 Å². The van der Waals surface area contributed by atoms with Gasteiger partial charge < -0.3 is 14.6 Å². The number of hydrogen-bond acceptors (Lipinski definition) is 4. The molecule has 22 heavy (non-hydrogen) atoms. The van der Waals surface area contributed by atoms with Crippen molar-refractivity contribution in [3.8, 4) is 5.75 Å². The molecule has 0 heterocycles. The number of hydrogen-bond donors (Lipinski definition) is 1. The van der Waals surface area contributed by atoms with Crippen molar-refractivity contribution in [2.24, 2.45) is 11.3 Å². The van der Waals surface area contributed by atoms with Crippen LogP contribution in [0.3, 0.4) is 0 Å². The van der Waals surface area contributed by atoms with Crippen LogP contribution in [0.25, 0.3) is 0 Å². The quantitative estimate of drug-likeness (QED) is 0.909. The highest BCUT2D eigenvalue weighted by Gasteiger charge is 2.51. The predicted molar refractivity (Wildman–Crippen MR) is 82.7 cm³/mol. The van der Waals surface area contributed by atoms with Crippen LogP contribution in [0.4, 0.5) is 0 Å². The zero-order chi connectivity index (χ0) is 15.6. The molecule has 0 bridgehead atoms. The lowest BCUT2D eigenvalue weighted by molar-refractivity contribution is -0.128. The van der Waals surface area contributed by atoms with Crippen molar-refractivity contribution in [2.75, 3.05) is 13.7 Å². The summed E-state index contributed by atoms with van der Waals surface area (Å²) < 4.78 is 11.0. The third-order valence-electron chi connectivity index (χ3n) is 5.40. The average Bonchev–Trinajstić information content (AvgIpc) is 3.08. The summed E-state index contributed by atoms with van der Waals surface area (Å²) >= 11 is 0. The summed E-state index contributed by atoms with van der Waals surface area (Å²) in [4.78, 5) is 12.3. The first-order valence-electron chi connectivity index (χ1n) is 8.05. The molecule has 0 radical (unpaired) electrons. The van der Waals surface area contributed by atoms with E-state index < -0.39 is 0 Å². The molecule has 0 aromatic heterocycles. The van der Waals surface area contributed by atoms with E-state index in [2.05, 4.69) is 0 Å². The van der Waals surface area contributed by atoms with Crippen molar-refractivity contribution in [3.63, 3.8) is 0 Å². The second-order valence-corrected chi connectivity index (χ2v) is 6.63. The zero-order valence-corrected chi connectivity index (χ0v) is 13.1. The van der Waals surface area contributed by atoms with Gasteiger partial charge in [-0.1, -0.05) is 18.6 Å². The van der Waals surface area contributed by atoms with Gasteiger partial charge in [0.15, 0.2) is 5.78 Å². The standard InChI is InChI=1S/C18H24O4/c1-21-15-6-4-13(5-7-15)12-22-17-10-18(9-16(17)20)8-2-3-14(18)11-19/h4-7,14,17,19H,2-3,8-12H2,1H3/t14-,17?,18+/m1/s1. The lowest BCUT2D eigenvalue weighted by atomic mass is 9.76. The molecule has 1 aromatic rings. The van der Waals surface area contributed by atoms with Gasteiger partial charge in [0.1, 0.15) is 11.9 Å². The number of benzene rings is 1. The van der Waals surface area contributed by atoms with Gasteiger partial charge in [-0.25, -0.2) is 0 Å². The molecule has 1 spiro atoms. The molecule has 3 atom stereocenters. The van der Waals surface area contributed by atoms with Crippen LogP contribution < -0.4 is 4.74 Å². The van der Waals surface area contributed by atoms with E-state index in [1.165, 1.54) is 0 Å². The summed E-state index contributed by atoms with van der Waals surface area (Å²) in [7, 11) is 1.64. The molecule has 120 valence electrons. The SMILES string of the molecule is COc1ccc(COC2C[C@]3(CCC[C@@H]3CO)CC2=O)cc1. The topological polar surface area (TPSA) is 55.8 Å². The van der Waals surface area contributed by atoms with E-state index in [0.29, 0.717) is 13.0 Å². The Morgan fingerprint density at radius 2 is 2.09 bits per heavy atom. The van der Waals surface area contributed by atoms with Crippen LogP contribution in [-0.2, 0) is 16.1 Å². The highest BCUT2D eigenvalue weighted by molar-refractivity contribution is 5.86. The summed E-state index contributed by atoms with van der Waals surface area (Å²) in [6.45, 7) is 0.638. The van der Waals surface area contributed by atoms with E-state index in [4.69, 9.17) is 9.47 Å². The van der Waals surface area contributed by atoms with E-state index in [1.807, 2.05) is 24.3 Å². The molecular weight excluding hydrogens is 280 g/mol. The Hall–Kier alpha value is -1.39. The summed E-state index contributed by atoms with van der Waals surface area (Å²) in [5.41, 5.74) is 1.04. The van der Waals surface area contributed by atoms with Crippen molar-refractivity contribution < 1.29 is 19.4 Å². The fourth-order valence-electron chi connectivity index (χ4n) is 4.08. The Morgan fingerprint density at radius 1 is 1.32 bits per heavy atom. The largest absolute Gasteiger partial charge is 0.497 e. The number of carbonyl (C=O) groups excluding carboxylic acids is 1. The summed E-state index contributed by atoms with van der Waals surface area (Å²) in [6, 6.07) is 7.71. The van der Waals surface area contributed by atoms with Crippen molar-refractivity contribution in [2.45, 2.75) is 44.8 Å². The smallest absolute Gasteiger partial charge is 0.162 e. The second kappa shape index (κ2) is 6.39. The van der Waals surface area contributed by atoms with Crippen LogP contribution in [0.15, 0.2) is 24.3 Å². The van der Waals surface area contributed by atoms with Gasteiger partial charge in [-0.2, -0.15) is 0 Å². The second-order valence-electron chi connectivity index (χ2n) is 6.63. The van der Waals surface area contributed by atoms with Crippen molar-refractivity contribution in [3.05, 3.63) is 29.8 Å². The van der Waals surface area contributed by atoms with Crippen LogP contribution in [0.2, 0.25) is 0 Å². The van der Waals surface area contributed by atoms with Crippen LogP contribution in [0.1, 0.15) is 37.7 Å². The van der Waals surface area contributed by atoms with Crippen molar-refractivity contribution >= 4 is 5.78 Å². The van der Waals surface area contributed by atoms with Gasteiger partial charge in [0, 0.05) is 13.0 Å². The summed E-state index contributed by atoms with van der Waals surface area (Å²) in [6.07, 6.45) is 4.23. The fraction of sp³-hybridized carbons (Fsp3) is 0.611. The third kappa shape index (κ3) is 2.90. The number of aliphatic hydroxyl groups is 1.